The Kier molecular flexibility index (Phi) is 6.25. The van der Waals surface area contributed by atoms with Crippen LogP contribution in [-0.4, -0.2) is 27.5 Å². The van der Waals surface area contributed by atoms with Crippen LogP contribution in [0.25, 0.3) is 0 Å². The van der Waals surface area contributed by atoms with Gasteiger partial charge in [-0.05, 0) is 19.1 Å². The Hall–Kier alpha value is -0.830. The van der Waals surface area contributed by atoms with Crippen LogP contribution in [0.4, 0.5) is 0 Å². The zero-order valence-electron chi connectivity index (χ0n) is 10.7. The molecule has 0 aliphatic heterocycles. The SMILES string of the molecule is CCNC(=O)CCOc1c(Cl)cc(Br)cc1S(N)(=O)=O. The highest BCUT2D eigenvalue weighted by molar-refractivity contribution is 9.10. The molecule has 3 N–H and O–H groups in total. The van der Waals surface area contributed by atoms with Crippen LogP contribution >= 0.6 is 27.5 Å². The third-order valence-corrected chi connectivity index (χ3v) is 3.89. The van der Waals surface area contributed by atoms with Crippen LogP contribution in [0.2, 0.25) is 5.02 Å². The summed E-state index contributed by atoms with van der Waals surface area (Å²) in [6.07, 6.45) is 0.0876. The molecule has 0 atom stereocenters. The van der Waals surface area contributed by atoms with Gasteiger partial charge in [0.05, 0.1) is 18.1 Å². The smallest absolute Gasteiger partial charge is 0.241 e. The molecule has 0 heterocycles. The largest absolute Gasteiger partial charge is 0.490 e. The highest BCUT2D eigenvalue weighted by Gasteiger charge is 2.19. The lowest BCUT2D eigenvalue weighted by atomic mass is 10.3. The number of hydrogen-bond donors (Lipinski definition) is 2. The zero-order valence-corrected chi connectivity index (χ0v) is 13.8. The number of halogens is 2. The normalized spacial score (nSPS) is 11.2. The summed E-state index contributed by atoms with van der Waals surface area (Å²) in [4.78, 5) is 11.1. The molecule has 1 rings (SSSR count). The Labute approximate surface area is 130 Å². The monoisotopic (exact) mass is 384 g/mol. The molecular formula is C11H14BrClN2O4S. The maximum atomic E-state index is 11.5. The molecule has 1 aromatic rings. The Morgan fingerprint density at radius 1 is 1.50 bits per heavy atom. The summed E-state index contributed by atoms with van der Waals surface area (Å²) >= 11 is 9.07. The molecule has 0 bridgehead atoms. The number of carbonyl (C=O) groups is 1. The van der Waals surface area contributed by atoms with E-state index in [1.165, 1.54) is 12.1 Å². The van der Waals surface area contributed by atoms with Crippen molar-refractivity contribution in [1.29, 1.82) is 0 Å². The number of carbonyl (C=O) groups excluding carboxylic acids is 1. The molecule has 1 amide bonds. The van der Waals surface area contributed by atoms with Gasteiger partial charge in [-0.25, -0.2) is 13.6 Å². The van der Waals surface area contributed by atoms with Crippen molar-refractivity contribution >= 4 is 43.5 Å². The highest BCUT2D eigenvalue weighted by Crippen LogP contribution is 2.34. The molecule has 0 aliphatic rings. The van der Waals surface area contributed by atoms with Gasteiger partial charge in [-0.1, -0.05) is 27.5 Å². The number of sulfonamides is 1. The summed E-state index contributed by atoms with van der Waals surface area (Å²) in [5.41, 5.74) is 0. The molecule has 0 aliphatic carbocycles. The fourth-order valence-electron chi connectivity index (χ4n) is 1.42. The molecule has 0 saturated carbocycles. The summed E-state index contributed by atoms with van der Waals surface area (Å²) < 4.78 is 28.7. The van der Waals surface area contributed by atoms with Crippen molar-refractivity contribution < 1.29 is 17.9 Å². The maximum absolute atomic E-state index is 11.5. The molecule has 0 spiro atoms. The molecule has 0 fully saturated rings. The van der Waals surface area contributed by atoms with E-state index in [1.807, 2.05) is 0 Å². The van der Waals surface area contributed by atoms with Gasteiger partial charge in [0.25, 0.3) is 0 Å². The number of ether oxygens (including phenoxy) is 1. The van der Waals surface area contributed by atoms with Gasteiger partial charge in [0.1, 0.15) is 4.90 Å². The van der Waals surface area contributed by atoms with E-state index >= 15 is 0 Å². The van der Waals surface area contributed by atoms with Gasteiger partial charge in [-0.2, -0.15) is 0 Å². The zero-order chi connectivity index (χ0) is 15.3. The Morgan fingerprint density at radius 3 is 2.70 bits per heavy atom. The van der Waals surface area contributed by atoms with E-state index < -0.39 is 10.0 Å². The topological polar surface area (TPSA) is 98.5 Å². The Morgan fingerprint density at radius 2 is 2.15 bits per heavy atom. The van der Waals surface area contributed by atoms with Gasteiger partial charge in [-0.15, -0.1) is 0 Å². The number of benzene rings is 1. The number of rotatable bonds is 6. The number of primary sulfonamides is 1. The van der Waals surface area contributed by atoms with Gasteiger partial charge in [0, 0.05) is 11.0 Å². The van der Waals surface area contributed by atoms with Gasteiger partial charge in [-0.3, -0.25) is 4.79 Å². The van der Waals surface area contributed by atoms with E-state index in [1.54, 1.807) is 6.92 Å². The van der Waals surface area contributed by atoms with E-state index in [9.17, 15) is 13.2 Å². The third-order valence-electron chi connectivity index (χ3n) is 2.23. The van der Waals surface area contributed by atoms with Gasteiger partial charge in [0.2, 0.25) is 15.9 Å². The summed E-state index contributed by atoms with van der Waals surface area (Å²) in [5.74, 6) is -0.250. The van der Waals surface area contributed by atoms with Crippen LogP contribution < -0.4 is 15.2 Å². The molecular weight excluding hydrogens is 372 g/mol. The number of amides is 1. The summed E-state index contributed by atoms with van der Waals surface area (Å²) in [5, 5.41) is 7.80. The predicted molar refractivity (Wildman–Crippen MR) is 79.3 cm³/mol. The van der Waals surface area contributed by atoms with Crippen LogP contribution in [-0.2, 0) is 14.8 Å². The third kappa shape index (κ3) is 4.93. The van der Waals surface area contributed by atoms with Crippen LogP contribution in [0.3, 0.4) is 0 Å². The minimum absolute atomic E-state index is 0.00426. The molecule has 6 nitrogen and oxygen atoms in total. The number of hydrogen-bond acceptors (Lipinski definition) is 4. The first-order chi connectivity index (χ1) is 9.25. The van der Waals surface area contributed by atoms with Crippen molar-refractivity contribution in [2.75, 3.05) is 13.2 Å². The molecule has 9 heteroatoms. The summed E-state index contributed by atoms with van der Waals surface area (Å²) in [7, 11) is -3.98. The van der Waals surface area contributed by atoms with E-state index in [0.29, 0.717) is 11.0 Å². The predicted octanol–water partition coefficient (Wildman–Crippen LogP) is 1.65. The van der Waals surface area contributed by atoms with Crippen LogP contribution in [0.15, 0.2) is 21.5 Å². The second kappa shape index (κ2) is 7.26. The quantitative estimate of drug-likeness (QED) is 0.778. The first kappa shape index (κ1) is 17.2. The maximum Gasteiger partial charge on any atom is 0.241 e. The van der Waals surface area contributed by atoms with Crippen molar-refractivity contribution in [1.82, 2.24) is 5.32 Å². The lowest BCUT2D eigenvalue weighted by molar-refractivity contribution is -0.121. The second-order valence-corrected chi connectivity index (χ2v) is 6.66. The highest BCUT2D eigenvalue weighted by atomic mass is 79.9. The summed E-state index contributed by atoms with van der Waals surface area (Å²) in [6, 6.07) is 2.78. The van der Waals surface area contributed by atoms with Crippen molar-refractivity contribution in [3.63, 3.8) is 0 Å². The van der Waals surface area contributed by atoms with Gasteiger partial charge in [0.15, 0.2) is 5.75 Å². The summed E-state index contributed by atoms with van der Waals surface area (Å²) in [6.45, 7) is 2.31. The first-order valence-corrected chi connectivity index (χ1v) is 8.38. The van der Waals surface area contributed by atoms with Crippen molar-refractivity contribution in [2.24, 2.45) is 5.14 Å². The molecule has 0 saturated heterocycles. The fraction of sp³-hybridized carbons (Fsp3) is 0.364. The minimum Gasteiger partial charge on any atom is -0.490 e. The van der Waals surface area contributed by atoms with Crippen LogP contribution in [0, 0.1) is 0 Å². The molecule has 0 unspecified atom stereocenters. The molecule has 112 valence electrons. The van der Waals surface area contributed by atoms with E-state index in [4.69, 9.17) is 21.5 Å². The van der Waals surface area contributed by atoms with Gasteiger partial charge < -0.3 is 10.1 Å². The number of nitrogens with two attached hydrogens (primary N) is 1. The van der Waals surface area contributed by atoms with Crippen molar-refractivity contribution in [2.45, 2.75) is 18.2 Å². The van der Waals surface area contributed by atoms with Gasteiger partial charge >= 0.3 is 0 Å². The van der Waals surface area contributed by atoms with Crippen molar-refractivity contribution in [3.8, 4) is 5.75 Å². The van der Waals surface area contributed by atoms with Crippen LogP contribution in [0.1, 0.15) is 13.3 Å². The molecule has 1 aromatic carbocycles. The minimum atomic E-state index is -3.98. The van der Waals surface area contributed by atoms with E-state index in [-0.39, 0.29) is 34.6 Å². The lowest BCUT2D eigenvalue weighted by Crippen LogP contribution is -2.24. The van der Waals surface area contributed by atoms with Crippen molar-refractivity contribution in [3.05, 3.63) is 21.6 Å². The molecule has 0 radical (unpaired) electrons. The average molecular weight is 386 g/mol. The number of nitrogens with one attached hydrogen (secondary N) is 1. The standard InChI is InChI=1S/C11H14BrClN2O4S/c1-2-15-10(16)3-4-19-11-8(13)5-7(12)6-9(11)20(14,17)18/h5-6H,2-4H2,1H3,(H,15,16)(H2,14,17,18). The van der Waals surface area contributed by atoms with E-state index in [2.05, 4.69) is 21.2 Å². The average Bonchev–Trinajstić information content (AvgIpc) is 2.30. The Bertz CT molecular complexity index is 607. The Balaban J connectivity index is 2.92. The van der Waals surface area contributed by atoms with Crippen LogP contribution in [0.5, 0.6) is 5.75 Å². The molecule has 20 heavy (non-hydrogen) atoms. The molecule has 0 aromatic heterocycles. The lowest BCUT2D eigenvalue weighted by Gasteiger charge is -2.12. The van der Waals surface area contributed by atoms with E-state index in [0.717, 1.165) is 0 Å². The first-order valence-electron chi connectivity index (χ1n) is 5.67. The second-order valence-electron chi connectivity index (χ2n) is 3.81. The fourth-order valence-corrected chi connectivity index (χ4v) is 3.21.